The van der Waals surface area contributed by atoms with Crippen LogP contribution in [0.4, 0.5) is 11.4 Å². The Bertz CT molecular complexity index is 490. The van der Waals surface area contributed by atoms with Gasteiger partial charge in [-0.25, -0.2) is 0 Å². The van der Waals surface area contributed by atoms with E-state index in [0.29, 0.717) is 0 Å². The van der Waals surface area contributed by atoms with Crippen LogP contribution < -0.4 is 19.9 Å². The molecule has 1 fully saturated rings. The van der Waals surface area contributed by atoms with Crippen molar-refractivity contribution in [1.82, 2.24) is 5.32 Å². The molecule has 0 saturated carbocycles. The average molecular weight is 310 g/mol. The van der Waals surface area contributed by atoms with Crippen LogP contribution in [-0.2, 0) is 0 Å². The van der Waals surface area contributed by atoms with E-state index in [2.05, 4.69) is 33.3 Å². The van der Waals surface area contributed by atoms with Crippen LogP contribution in [0.5, 0.6) is 5.75 Å². The average Bonchev–Trinajstić information content (AvgIpc) is 2.51. The van der Waals surface area contributed by atoms with Gasteiger partial charge in [-0.1, -0.05) is 6.07 Å². The molecule has 116 valence electrons. The normalized spacial score (nSPS) is 23.9. The number of rotatable bonds is 2. The molecule has 5 heteroatoms. The zero-order chi connectivity index (χ0) is 13.4. The van der Waals surface area contributed by atoms with Crippen LogP contribution in [0.25, 0.3) is 0 Å². The Balaban J connectivity index is 0.00000132. The van der Waals surface area contributed by atoms with Crippen LogP contribution in [0.2, 0.25) is 0 Å². The predicted molar refractivity (Wildman–Crippen MR) is 89.2 cm³/mol. The number of ether oxygens (including phenoxy) is 1. The summed E-state index contributed by atoms with van der Waals surface area (Å²) in [5.74, 6) is 1.86. The second-order valence-corrected chi connectivity index (χ2v) is 6.12. The van der Waals surface area contributed by atoms with Crippen molar-refractivity contribution in [3.8, 4) is 5.75 Å². The molecule has 1 unspecified atom stereocenters. The summed E-state index contributed by atoms with van der Waals surface area (Å²) in [6.45, 7) is 7.67. The first-order chi connectivity index (χ1) is 9.92. The second-order valence-electron chi connectivity index (χ2n) is 6.12. The lowest BCUT2D eigenvalue weighted by molar-refractivity contribution is 0.305. The Morgan fingerprint density at radius 3 is 3.05 bits per heavy atom. The summed E-state index contributed by atoms with van der Waals surface area (Å²) in [5, 5.41) is 3.53. The van der Waals surface area contributed by atoms with E-state index in [0.717, 1.165) is 37.9 Å². The third kappa shape index (κ3) is 2.79. The summed E-state index contributed by atoms with van der Waals surface area (Å²) in [4.78, 5) is 5.06. The third-order valence-electron chi connectivity index (χ3n) is 4.77. The Morgan fingerprint density at radius 1 is 1.24 bits per heavy atom. The van der Waals surface area contributed by atoms with Crippen molar-refractivity contribution < 1.29 is 4.74 Å². The molecular weight excluding hydrogens is 286 g/mol. The summed E-state index contributed by atoms with van der Waals surface area (Å²) in [5.41, 5.74) is 2.70. The smallest absolute Gasteiger partial charge is 0.144 e. The van der Waals surface area contributed by atoms with E-state index >= 15 is 0 Å². The van der Waals surface area contributed by atoms with Crippen LogP contribution in [0.15, 0.2) is 18.2 Å². The highest BCUT2D eigenvalue weighted by atomic mass is 35.5. The topological polar surface area (TPSA) is 27.7 Å². The second kappa shape index (κ2) is 6.32. The van der Waals surface area contributed by atoms with Gasteiger partial charge in [-0.3, -0.25) is 0 Å². The quantitative estimate of drug-likeness (QED) is 0.906. The van der Waals surface area contributed by atoms with Gasteiger partial charge in [-0.2, -0.15) is 0 Å². The van der Waals surface area contributed by atoms with Crippen molar-refractivity contribution in [1.29, 1.82) is 0 Å². The van der Waals surface area contributed by atoms with E-state index in [1.54, 1.807) is 0 Å². The van der Waals surface area contributed by atoms with Crippen molar-refractivity contribution in [3.05, 3.63) is 18.2 Å². The van der Waals surface area contributed by atoms with Gasteiger partial charge in [-0.05, 0) is 44.0 Å². The van der Waals surface area contributed by atoms with Crippen LogP contribution in [0, 0.1) is 5.92 Å². The highest BCUT2D eigenvalue weighted by molar-refractivity contribution is 5.85. The maximum atomic E-state index is 5.83. The molecule has 0 aliphatic carbocycles. The zero-order valence-corrected chi connectivity index (χ0v) is 13.2. The summed E-state index contributed by atoms with van der Waals surface area (Å²) < 4.78 is 5.83. The van der Waals surface area contributed by atoms with E-state index in [1.807, 2.05) is 0 Å². The molecule has 3 aliphatic heterocycles. The van der Waals surface area contributed by atoms with Gasteiger partial charge in [0.1, 0.15) is 18.0 Å². The van der Waals surface area contributed by atoms with Gasteiger partial charge in [0.25, 0.3) is 0 Å². The van der Waals surface area contributed by atoms with Gasteiger partial charge in [-0.15, -0.1) is 12.4 Å². The van der Waals surface area contributed by atoms with Crippen LogP contribution in [0.3, 0.4) is 0 Å². The van der Waals surface area contributed by atoms with Gasteiger partial charge in [0.05, 0.1) is 12.2 Å². The Morgan fingerprint density at radius 2 is 2.19 bits per heavy atom. The van der Waals surface area contributed by atoms with E-state index < -0.39 is 0 Å². The van der Waals surface area contributed by atoms with Crippen molar-refractivity contribution >= 4 is 23.8 Å². The van der Waals surface area contributed by atoms with Gasteiger partial charge < -0.3 is 19.9 Å². The first kappa shape index (κ1) is 14.8. The van der Waals surface area contributed by atoms with E-state index in [1.165, 1.54) is 43.9 Å². The number of piperidine rings is 1. The van der Waals surface area contributed by atoms with Crippen molar-refractivity contribution in [3.63, 3.8) is 0 Å². The van der Waals surface area contributed by atoms with Crippen LogP contribution in [-0.4, -0.2) is 45.9 Å². The lowest BCUT2D eigenvalue weighted by Gasteiger charge is -2.43. The van der Waals surface area contributed by atoms with E-state index in [9.17, 15) is 0 Å². The number of hydrogen-bond acceptors (Lipinski definition) is 4. The minimum Gasteiger partial charge on any atom is -0.489 e. The summed E-state index contributed by atoms with van der Waals surface area (Å²) in [6.07, 6.45) is 2.68. The zero-order valence-electron chi connectivity index (χ0n) is 12.4. The predicted octanol–water partition coefficient (Wildman–Crippen LogP) is 2.13. The molecule has 0 bridgehead atoms. The van der Waals surface area contributed by atoms with E-state index in [4.69, 9.17) is 4.74 Å². The molecule has 21 heavy (non-hydrogen) atoms. The number of anilines is 2. The minimum absolute atomic E-state index is 0. The van der Waals surface area contributed by atoms with Crippen molar-refractivity contribution in [2.75, 3.05) is 55.7 Å². The highest BCUT2D eigenvalue weighted by Crippen LogP contribution is 2.42. The SMILES string of the molecule is Cl.c1cc2c3c(c1)N(CC1CCCNC1)CCN3CCO2. The number of benzene rings is 1. The Hall–Kier alpha value is -1.13. The van der Waals surface area contributed by atoms with Gasteiger partial charge >= 0.3 is 0 Å². The molecule has 1 saturated heterocycles. The molecule has 1 atom stereocenters. The van der Waals surface area contributed by atoms with Gasteiger partial charge in [0.2, 0.25) is 0 Å². The molecule has 0 radical (unpaired) electrons. The molecule has 0 amide bonds. The monoisotopic (exact) mass is 309 g/mol. The largest absolute Gasteiger partial charge is 0.489 e. The summed E-state index contributed by atoms with van der Waals surface area (Å²) in [7, 11) is 0. The maximum absolute atomic E-state index is 5.83. The molecule has 4 nitrogen and oxygen atoms in total. The minimum atomic E-state index is 0. The molecule has 3 heterocycles. The van der Waals surface area contributed by atoms with Crippen molar-refractivity contribution in [2.45, 2.75) is 12.8 Å². The third-order valence-corrected chi connectivity index (χ3v) is 4.77. The molecule has 3 aliphatic rings. The van der Waals surface area contributed by atoms with Crippen molar-refractivity contribution in [2.24, 2.45) is 5.92 Å². The fourth-order valence-electron chi connectivity index (χ4n) is 3.74. The fourth-order valence-corrected chi connectivity index (χ4v) is 3.74. The van der Waals surface area contributed by atoms with Gasteiger partial charge in [0.15, 0.2) is 0 Å². The number of halogens is 1. The molecule has 1 aromatic rings. The fraction of sp³-hybridized carbons (Fsp3) is 0.625. The number of nitrogens with zero attached hydrogens (tertiary/aromatic N) is 2. The van der Waals surface area contributed by atoms with E-state index in [-0.39, 0.29) is 12.4 Å². The summed E-state index contributed by atoms with van der Waals surface area (Å²) in [6, 6.07) is 6.50. The first-order valence-corrected chi connectivity index (χ1v) is 7.88. The Labute approximate surface area is 132 Å². The number of para-hydroxylation sites is 1. The van der Waals surface area contributed by atoms with Crippen LogP contribution >= 0.6 is 12.4 Å². The maximum Gasteiger partial charge on any atom is 0.144 e. The number of hydrogen-bond donors (Lipinski definition) is 1. The highest BCUT2D eigenvalue weighted by Gasteiger charge is 2.29. The molecule has 1 N–H and O–H groups in total. The lowest BCUT2D eigenvalue weighted by atomic mass is 9.98. The van der Waals surface area contributed by atoms with Crippen LogP contribution in [0.1, 0.15) is 12.8 Å². The molecule has 0 aromatic heterocycles. The van der Waals surface area contributed by atoms with Gasteiger partial charge in [0, 0.05) is 19.6 Å². The standard InChI is InChI=1S/C16H23N3O.ClH/c1-4-14-16-15(5-1)20-10-9-18(16)7-8-19(14)12-13-3-2-6-17-11-13;/h1,4-5,13,17H,2-3,6-12H2;1H. The number of nitrogens with one attached hydrogen (secondary N) is 1. The molecule has 0 spiro atoms. The molecular formula is C16H24ClN3O. The molecule has 4 rings (SSSR count). The summed E-state index contributed by atoms with van der Waals surface area (Å²) >= 11 is 0. The molecule has 1 aromatic carbocycles. The lowest BCUT2D eigenvalue weighted by Crippen LogP contribution is -2.47. The first-order valence-electron chi connectivity index (χ1n) is 7.88. The Kier molecular flexibility index (Phi) is 4.45.